The second-order valence-corrected chi connectivity index (χ2v) is 5.24. The summed E-state index contributed by atoms with van der Waals surface area (Å²) in [5.41, 5.74) is 8.11. The highest BCUT2D eigenvalue weighted by molar-refractivity contribution is 5.33. The van der Waals surface area contributed by atoms with E-state index in [4.69, 9.17) is 15.2 Å². The van der Waals surface area contributed by atoms with Gasteiger partial charge in [-0.25, -0.2) is 0 Å². The van der Waals surface area contributed by atoms with Crippen molar-refractivity contribution in [1.29, 1.82) is 0 Å². The van der Waals surface area contributed by atoms with Crippen molar-refractivity contribution in [2.24, 2.45) is 5.73 Å². The van der Waals surface area contributed by atoms with Crippen LogP contribution >= 0.6 is 0 Å². The molecule has 2 aromatic rings. The molecule has 2 rings (SSSR count). The van der Waals surface area contributed by atoms with Gasteiger partial charge in [-0.05, 0) is 48.7 Å². The summed E-state index contributed by atoms with van der Waals surface area (Å²) in [7, 11) is 0. The maximum atomic E-state index is 5.79. The van der Waals surface area contributed by atoms with Crippen LogP contribution in [0.3, 0.4) is 0 Å². The molecule has 0 aromatic heterocycles. The Labute approximate surface area is 133 Å². The molecule has 118 valence electrons. The van der Waals surface area contributed by atoms with Gasteiger partial charge in [0, 0.05) is 0 Å². The van der Waals surface area contributed by atoms with Gasteiger partial charge < -0.3 is 15.2 Å². The van der Waals surface area contributed by atoms with Gasteiger partial charge in [0.2, 0.25) is 0 Å². The van der Waals surface area contributed by atoms with Gasteiger partial charge in [0.1, 0.15) is 24.7 Å². The fraction of sp³-hybridized carbons (Fsp3) is 0.368. The number of hydrogen-bond acceptors (Lipinski definition) is 3. The van der Waals surface area contributed by atoms with Gasteiger partial charge in [0.05, 0.1) is 0 Å². The topological polar surface area (TPSA) is 44.5 Å². The van der Waals surface area contributed by atoms with E-state index in [9.17, 15) is 0 Å². The summed E-state index contributed by atoms with van der Waals surface area (Å²) in [6.07, 6.45) is 3.10. The summed E-state index contributed by atoms with van der Waals surface area (Å²) in [6, 6.07) is 16.3. The van der Waals surface area contributed by atoms with Gasteiger partial charge in [-0.15, -0.1) is 0 Å². The number of ether oxygens (including phenoxy) is 2. The molecule has 2 aromatic carbocycles. The van der Waals surface area contributed by atoms with E-state index in [0.717, 1.165) is 36.3 Å². The number of rotatable bonds is 9. The van der Waals surface area contributed by atoms with Crippen LogP contribution in [0.5, 0.6) is 11.5 Å². The SMILES string of the molecule is CCCc1ccc(OCCOc2ccccc2CCN)cc1. The Kier molecular flexibility index (Phi) is 6.78. The average molecular weight is 299 g/mol. The molecule has 22 heavy (non-hydrogen) atoms. The molecule has 2 N–H and O–H groups in total. The Morgan fingerprint density at radius 3 is 2.32 bits per heavy atom. The van der Waals surface area contributed by atoms with E-state index in [1.54, 1.807) is 0 Å². The van der Waals surface area contributed by atoms with Gasteiger partial charge in [-0.1, -0.05) is 43.7 Å². The molecule has 0 aliphatic rings. The van der Waals surface area contributed by atoms with Crippen LogP contribution in [0, 0.1) is 0 Å². The monoisotopic (exact) mass is 299 g/mol. The van der Waals surface area contributed by atoms with Crippen molar-refractivity contribution in [2.45, 2.75) is 26.2 Å². The lowest BCUT2D eigenvalue weighted by Crippen LogP contribution is -2.11. The van der Waals surface area contributed by atoms with Crippen LogP contribution in [0.4, 0.5) is 0 Å². The molecule has 0 atom stereocenters. The van der Waals surface area contributed by atoms with Crippen molar-refractivity contribution < 1.29 is 9.47 Å². The van der Waals surface area contributed by atoms with Crippen LogP contribution in [-0.4, -0.2) is 19.8 Å². The summed E-state index contributed by atoms with van der Waals surface area (Å²) >= 11 is 0. The Bertz CT molecular complexity index is 552. The minimum Gasteiger partial charge on any atom is -0.490 e. The lowest BCUT2D eigenvalue weighted by Gasteiger charge is -2.12. The van der Waals surface area contributed by atoms with E-state index >= 15 is 0 Å². The lowest BCUT2D eigenvalue weighted by molar-refractivity contribution is 0.216. The van der Waals surface area contributed by atoms with Crippen LogP contribution in [0.1, 0.15) is 24.5 Å². The van der Waals surface area contributed by atoms with Crippen LogP contribution in [-0.2, 0) is 12.8 Å². The highest BCUT2D eigenvalue weighted by Crippen LogP contribution is 2.18. The third-order valence-electron chi connectivity index (χ3n) is 3.46. The Morgan fingerprint density at radius 2 is 1.59 bits per heavy atom. The van der Waals surface area contributed by atoms with Gasteiger partial charge >= 0.3 is 0 Å². The number of para-hydroxylation sites is 1. The summed E-state index contributed by atoms with van der Waals surface area (Å²) in [5.74, 6) is 1.79. The van der Waals surface area contributed by atoms with Crippen LogP contribution in [0.25, 0.3) is 0 Å². The van der Waals surface area contributed by atoms with E-state index in [0.29, 0.717) is 19.8 Å². The van der Waals surface area contributed by atoms with Gasteiger partial charge in [-0.3, -0.25) is 0 Å². The smallest absolute Gasteiger partial charge is 0.122 e. The number of hydrogen-bond donors (Lipinski definition) is 1. The minimum absolute atomic E-state index is 0.526. The van der Waals surface area contributed by atoms with Crippen molar-refractivity contribution in [3.8, 4) is 11.5 Å². The molecule has 0 bridgehead atoms. The van der Waals surface area contributed by atoms with E-state index in [-0.39, 0.29) is 0 Å². The first-order valence-electron chi connectivity index (χ1n) is 7.96. The molecule has 0 saturated heterocycles. The zero-order chi connectivity index (χ0) is 15.6. The molecule has 0 aliphatic carbocycles. The highest BCUT2D eigenvalue weighted by atomic mass is 16.5. The third-order valence-corrected chi connectivity index (χ3v) is 3.46. The summed E-state index contributed by atoms with van der Waals surface area (Å²) < 4.78 is 11.5. The van der Waals surface area contributed by atoms with Crippen molar-refractivity contribution in [3.63, 3.8) is 0 Å². The number of nitrogens with two attached hydrogens (primary N) is 1. The molecule has 3 nitrogen and oxygen atoms in total. The first-order chi connectivity index (χ1) is 10.8. The number of benzene rings is 2. The standard InChI is InChI=1S/C19H25NO2/c1-2-5-16-8-10-18(11-9-16)21-14-15-22-19-7-4-3-6-17(19)12-13-20/h3-4,6-11H,2,5,12-15,20H2,1H3. The van der Waals surface area contributed by atoms with Crippen molar-refractivity contribution in [2.75, 3.05) is 19.8 Å². The molecular formula is C19H25NO2. The van der Waals surface area contributed by atoms with Crippen molar-refractivity contribution in [3.05, 3.63) is 59.7 Å². The fourth-order valence-electron chi connectivity index (χ4n) is 2.36. The molecule has 3 heteroatoms. The maximum Gasteiger partial charge on any atom is 0.122 e. The van der Waals surface area contributed by atoms with E-state index < -0.39 is 0 Å². The summed E-state index contributed by atoms with van der Waals surface area (Å²) in [6.45, 7) is 3.87. The molecule has 0 unspecified atom stereocenters. The first-order valence-corrected chi connectivity index (χ1v) is 7.96. The van der Waals surface area contributed by atoms with E-state index in [1.165, 1.54) is 5.56 Å². The second-order valence-electron chi connectivity index (χ2n) is 5.24. The van der Waals surface area contributed by atoms with E-state index in [1.807, 2.05) is 30.3 Å². The molecule has 0 spiro atoms. The Balaban J connectivity index is 1.77. The molecular weight excluding hydrogens is 274 g/mol. The molecule has 0 saturated carbocycles. The fourth-order valence-corrected chi connectivity index (χ4v) is 2.36. The quantitative estimate of drug-likeness (QED) is 0.720. The Morgan fingerprint density at radius 1 is 0.864 bits per heavy atom. The average Bonchev–Trinajstić information content (AvgIpc) is 2.55. The second kappa shape index (κ2) is 9.11. The Hall–Kier alpha value is -2.00. The normalized spacial score (nSPS) is 10.5. The molecule has 0 heterocycles. The predicted octanol–water partition coefficient (Wildman–Crippen LogP) is 3.60. The summed E-state index contributed by atoms with van der Waals surface area (Å²) in [5, 5.41) is 0. The zero-order valence-electron chi connectivity index (χ0n) is 13.3. The molecule has 0 amide bonds. The molecule has 0 radical (unpaired) electrons. The lowest BCUT2D eigenvalue weighted by atomic mass is 10.1. The molecule has 0 fully saturated rings. The van der Waals surface area contributed by atoms with Crippen LogP contribution in [0.2, 0.25) is 0 Å². The van der Waals surface area contributed by atoms with Gasteiger partial charge in [0.15, 0.2) is 0 Å². The maximum absolute atomic E-state index is 5.79. The largest absolute Gasteiger partial charge is 0.490 e. The van der Waals surface area contributed by atoms with Gasteiger partial charge in [-0.2, -0.15) is 0 Å². The van der Waals surface area contributed by atoms with E-state index in [2.05, 4.69) is 25.1 Å². The first kappa shape index (κ1) is 16.4. The molecule has 0 aliphatic heterocycles. The predicted molar refractivity (Wildman–Crippen MR) is 90.6 cm³/mol. The third kappa shape index (κ3) is 5.08. The van der Waals surface area contributed by atoms with Crippen molar-refractivity contribution >= 4 is 0 Å². The summed E-state index contributed by atoms with van der Waals surface area (Å²) in [4.78, 5) is 0. The highest BCUT2D eigenvalue weighted by Gasteiger charge is 2.02. The minimum atomic E-state index is 0.526. The van der Waals surface area contributed by atoms with Crippen molar-refractivity contribution in [1.82, 2.24) is 0 Å². The van der Waals surface area contributed by atoms with Crippen LogP contribution < -0.4 is 15.2 Å². The number of aryl methyl sites for hydroxylation is 1. The van der Waals surface area contributed by atoms with Crippen LogP contribution in [0.15, 0.2) is 48.5 Å². The zero-order valence-corrected chi connectivity index (χ0v) is 13.3. The van der Waals surface area contributed by atoms with Gasteiger partial charge in [0.25, 0.3) is 0 Å².